The molecule has 53 heavy (non-hydrogen) atoms. The van der Waals surface area contributed by atoms with Crippen LogP contribution in [0.25, 0.3) is 0 Å². The standard InChI is InChI=1S/C43H80O10/c1-3-5-7-9-11-13-15-17-18-20-22-24-26-28-30-32-39(46)52-36(35-51-43-42(49)41(48)40(47)37(33-44)53-43)34-50-38(45)31-29-27-25-23-21-19-16-14-12-10-8-6-4-2/h17-18,36-37,40-44,47-49H,3-16,19-35H2,1-2H3/b18-17-/t36?,37-,40-,41+,42-,43-/m1/s1. The summed E-state index contributed by atoms with van der Waals surface area (Å²) in [6.07, 6.45) is 27.9. The number of allylic oxidation sites excluding steroid dienone is 2. The molecule has 0 aromatic heterocycles. The maximum Gasteiger partial charge on any atom is 0.306 e. The van der Waals surface area contributed by atoms with E-state index in [9.17, 15) is 30.0 Å². The number of esters is 2. The molecule has 0 bridgehead atoms. The minimum Gasteiger partial charge on any atom is -0.462 e. The molecular weight excluding hydrogens is 676 g/mol. The third kappa shape index (κ3) is 26.8. The van der Waals surface area contributed by atoms with Gasteiger partial charge in [-0.2, -0.15) is 0 Å². The first kappa shape index (κ1) is 49.5. The minimum absolute atomic E-state index is 0.215. The Hall–Kier alpha value is -1.56. The zero-order chi connectivity index (χ0) is 38.8. The van der Waals surface area contributed by atoms with Crippen LogP contribution < -0.4 is 0 Å². The van der Waals surface area contributed by atoms with E-state index in [1.165, 1.54) is 109 Å². The van der Waals surface area contributed by atoms with Crippen molar-refractivity contribution in [1.29, 1.82) is 0 Å². The molecule has 1 heterocycles. The number of aliphatic hydroxyl groups is 4. The van der Waals surface area contributed by atoms with Crippen LogP contribution in [0.2, 0.25) is 0 Å². The Balaban J connectivity index is 2.35. The number of rotatable bonds is 36. The molecule has 0 aliphatic carbocycles. The summed E-state index contributed by atoms with van der Waals surface area (Å²) in [4.78, 5) is 25.3. The lowest BCUT2D eigenvalue weighted by atomic mass is 9.99. The third-order valence-electron chi connectivity index (χ3n) is 10.2. The van der Waals surface area contributed by atoms with Crippen molar-refractivity contribution in [3.63, 3.8) is 0 Å². The normalized spacial score (nSPS) is 20.9. The highest BCUT2D eigenvalue weighted by atomic mass is 16.7. The van der Waals surface area contributed by atoms with Crippen LogP contribution in [0, 0.1) is 0 Å². The highest BCUT2D eigenvalue weighted by Crippen LogP contribution is 2.23. The van der Waals surface area contributed by atoms with Crippen LogP contribution in [0.15, 0.2) is 12.2 Å². The predicted molar refractivity (Wildman–Crippen MR) is 210 cm³/mol. The maximum atomic E-state index is 12.7. The molecule has 1 aliphatic rings. The lowest BCUT2D eigenvalue weighted by Gasteiger charge is -2.39. The summed E-state index contributed by atoms with van der Waals surface area (Å²) in [5.41, 5.74) is 0. The molecule has 0 aromatic carbocycles. The van der Waals surface area contributed by atoms with Gasteiger partial charge in [0.25, 0.3) is 0 Å². The molecule has 1 aliphatic heterocycles. The molecule has 0 saturated carbocycles. The van der Waals surface area contributed by atoms with Crippen molar-refractivity contribution in [2.75, 3.05) is 19.8 Å². The largest absolute Gasteiger partial charge is 0.462 e. The maximum absolute atomic E-state index is 12.7. The number of unbranched alkanes of at least 4 members (excludes halogenated alkanes) is 23. The van der Waals surface area contributed by atoms with Crippen molar-refractivity contribution >= 4 is 11.9 Å². The fourth-order valence-corrected chi connectivity index (χ4v) is 6.65. The van der Waals surface area contributed by atoms with E-state index in [4.69, 9.17) is 18.9 Å². The Bertz CT molecular complexity index is 881. The quantitative estimate of drug-likeness (QED) is 0.0277. The molecule has 1 fully saturated rings. The van der Waals surface area contributed by atoms with Crippen LogP contribution in [0.1, 0.15) is 194 Å². The van der Waals surface area contributed by atoms with E-state index < -0.39 is 49.4 Å². The van der Waals surface area contributed by atoms with E-state index in [-0.39, 0.29) is 32.0 Å². The van der Waals surface area contributed by atoms with E-state index in [1.54, 1.807) is 0 Å². The van der Waals surface area contributed by atoms with Gasteiger partial charge >= 0.3 is 11.9 Å². The molecule has 0 radical (unpaired) electrons. The van der Waals surface area contributed by atoms with E-state index in [0.29, 0.717) is 6.42 Å². The average molecular weight is 757 g/mol. The van der Waals surface area contributed by atoms with Gasteiger partial charge in [0.2, 0.25) is 0 Å². The molecule has 6 atom stereocenters. The smallest absolute Gasteiger partial charge is 0.306 e. The topological polar surface area (TPSA) is 152 Å². The highest BCUT2D eigenvalue weighted by molar-refractivity contribution is 5.70. The molecule has 1 unspecified atom stereocenters. The van der Waals surface area contributed by atoms with Gasteiger partial charge in [0.15, 0.2) is 12.4 Å². The second-order valence-electron chi connectivity index (χ2n) is 15.2. The number of aliphatic hydroxyl groups excluding tert-OH is 4. The summed E-state index contributed by atoms with van der Waals surface area (Å²) in [7, 11) is 0. The van der Waals surface area contributed by atoms with Gasteiger partial charge in [0.1, 0.15) is 31.0 Å². The van der Waals surface area contributed by atoms with Crippen molar-refractivity contribution in [1.82, 2.24) is 0 Å². The van der Waals surface area contributed by atoms with E-state index >= 15 is 0 Å². The second kappa shape index (κ2) is 34.9. The molecule has 0 spiro atoms. The first-order valence-corrected chi connectivity index (χ1v) is 21.8. The predicted octanol–water partition coefficient (Wildman–Crippen LogP) is 8.78. The fourth-order valence-electron chi connectivity index (χ4n) is 6.65. The molecule has 0 aromatic rings. The Morgan fingerprint density at radius 1 is 0.566 bits per heavy atom. The van der Waals surface area contributed by atoms with Crippen LogP contribution in [0.3, 0.4) is 0 Å². The van der Waals surface area contributed by atoms with Gasteiger partial charge in [0, 0.05) is 12.8 Å². The van der Waals surface area contributed by atoms with Gasteiger partial charge in [-0.15, -0.1) is 0 Å². The highest BCUT2D eigenvalue weighted by Gasteiger charge is 2.44. The number of carbonyl (C=O) groups is 2. The van der Waals surface area contributed by atoms with Gasteiger partial charge in [-0.05, 0) is 38.5 Å². The van der Waals surface area contributed by atoms with Gasteiger partial charge in [-0.3, -0.25) is 9.59 Å². The van der Waals surface area contributed by atoms with Crippen molar-refractivity contribution in [2.45, 2.75) is 230 Å². The van der Waals surface area contributed by atoms with Crippen molar-refractivity contribution in [3.8, 4) is 0 Å². The third-order valence-corrected chi connectivity index (χ3v) is 10.2. The van der Waals surface area contributed by atoms with Crippen LogP contribution in [0.4, 0.5) is 0 Å². The van der Waals surface area contributed by atoms with E-state index in [2.05, 4.69) is 26.0 Å². The van der Waals surface area contributed by atoms with Crippen molar-refractivity contribution in [3.05, 3.63) is 12.2 Å². The van der Waals surface area contributed by atoms with E-state index in [1.807, 2.05) is 0 Å². The summed E-state index contributed by atoms with van der Waals surface area (Å²) in [6, 6.07) is 0. The van der Waals surface area contributed by atoms with Gasteiger partial charge in [0.05, 0.1) is 13.2 Å². The van der Waals surface area contributed by atoms with Crippen molar-refractivity contribution in [2.24, 2.45) is 0 Å². The summed E-state index contributed by atoms with van der Waals surface area (Å²) in [6.45, 7) is 3.41. The lowest BCUT2D eigenvalue weighted by Crippen LogP contribution is -2.59. The second-order valence-corrected chi connectivity index (χ2v) is 15.2. The Kier molecular flexibility index (Phi) is 32.6. The van der Waals surface area contributed by atoms with Gasteiger partial charge < -0.3 is 39.4 Å². The van der Waals surface area contributed by atoms with Crippen LogP contribution in [-0.2, 0) is 28.5 Å². The minimum atomic E-state index is -1.59. The van der Waals surface area contributed by atoms with Gasteiger partial charge in [-0.25, -0.2) is 0 Å². The average Bonchev–Trinajstić information content (AvgIpc) is 3.15. The Morgan fingerprint density at radius 3 is 1.47 bits per heavy atom. The zero-order valence-electron chi connectivity index (χ0n) is 33.8. The Labute approximate surface area is 322 Å². The molecule has 10 nitrogen and oxygen atoms in total. The molecule has 0 amide bonds. The number of hydrogen-bond donors (Lipinski definition) is 4. The van der Waals surface area contributed by atoms with Crippen LogP contribution in [0.5, 0.6) is 0 Å². The SMILES string of the molecule is CCCCCCCC/C=C\CCCCCCCC(=O)OC(COC(=O)CCCCCCCCCCCCCCC)CO[C@@H]1O[C@H](CO)[C@@H](O)[C@H](O)[C@H]1O. The summed E-state index contributed by atoms with van der Waals surface area (Å²) < 4.78 is 22.1. The first-order valence-electron chi connectivity index (χ1n) is 21.8. The molecule has 4 N–H and O–H groups in total. The first-order chi connectivity index (χ1) is 25.8. The number of ether oxygens (including phenoxy) is 4. The van der Waals surface area contributed by atoms with Crippen LogP contribution >= 0.6 is 0 Å². The molecule has 312 valence electrons. The molecule has 1 saturated heterocycles. The molecule has 1 rings (SSSR count). The summed E-state index contributed by atoms with van der Waals surface area (Å²) in [5, 5.41) is 40.0. The molecule has 10 heteroatoms. The van der Waals surface area contributed by atoms with E-state index in [0.717, 1.165) is 51.4 Å². The van der Waals surface area contributed by atoms with Crippen LogP contribution in [-0.4, -0.2) is 89.0 Å². The van der Waals surface area contributed by atoms with Gasteiger partial charge in [-0.1, -0.05) is 154 Å². The van der Waals surface area contributed by atoms with Crippen molar-refractivity contribution < 1.29 is 49.0 Å². The Morgan fingerprint density at radius 2 is 1.00 bits per heavy atom. The zero-order valence-corrected chi connectivity index (χ0v) is 33.8. The number of carbonyl (C=O) groups excluding carboxylic acids is 2. The molecular formula is C43H80O10. The number of hydrogen-bond acceptors (Lipinski definition) is 10. The lowest BCUT2D eigenvalue weighted by molar-refractivity contribution is -0.305. The summed E-state index contributed by atoms with van der Waals surface area (Å²) >= 11 is 0. The monoisotopic (exact) mass is 757 g/mol. The fraction of sp³-hybridized carbons (Fsp3) is 0.907. The summed E-state index contributed by atoms with van der Waals surface area (Å²) in [5.74, 6) is -0.809.